The monoisotopic (exact) mass is 641 g/mol. The summed E-state index contributed by atoms with van der Waals surface area (Å²) in [4.78, 5) is 83.6. The number of thiol groups is 1. The van der Waals surface area contributed by atoms with Crippen LogP contribution in [0.2, 0.25) is 0 Å². The van der Waals surface area contributed by atoms with Gasteiger partial charge in [-0.05, 0) is 18.2 Å². The largest absolute Gasteiger partial charge is 0.480 e. The molecule has 0 spiro atoms. The van der Waals surface area contributed by atoms with Crippen LogP contribution in [0.4, 0.5) is 13.2 Å². The Morgan fingerprint density at radius 3 is 1.88 bits per heavy atom. The van der Waals surface area contributed by atoms with Crippen LogP contribution in [0.1, 0.15) is 36.7 Å². The number of rotatable bonds is 13. The standard InChI is InChI=1S/C23H26F3N3O9S3/c1-10(30)27-15(7-39)22(37)41-9-17(29-12(3)32)20(35)38-18-6-13(23(24,25)26)4-5-14(18)21(36)40-8-16(19(33)34)28-11(2)31/h4-6,15-17,39H,7-9H2,1-3H3,(H,27,30)(H,28,31)(H,29,32)(H,33,34). The predicted molar refractivity (Wildman–Crippen MR) is 146 cm³/mol. The highest BCUT2D eigenvalue weighted by molar-refractivity contribution is 8.14. The van der Waals surface area contributed by atoms with Crippen molar-refractivity contribution in [2.75, 3.05) is 17.3 Å². The number of carboxylic acid groups (broad SMARTS) is 1. The highest BCUT2D eigenvalue weighted by atomic mass is 32.2. The molecule has 18 heteroatoms. The Labute approximate surface area is 245 Å². The zero-order valence-electron chi connectivity index (χ0n) is 21.7. The van der Waals surface area contributed by atoms with E-state index in [2.05, 4.69) is 28.6 Å². The number of hydrogen-bond donors (Lipinski definition) is 5. The summed E-state index contributed by atoms with van der Waals surface area (Å²) in [6, 6.07) is -2.45. The maximum atomic E-state index is 13.4. The molecule has 0 saturated heterocycles. The van der Waals surface area contributed by atoms with Crippen LogP contribution in [-0.4, -0.2) is 80.4 Å². The van der Waals surface area contributed by atoms with Crippen LogP contribution in [0.25, 0.3) is 0 Å². The fraction of sp³-hybridized carbons (Fsp3) is 0.435. The molecule has 1 rings (SSSR count). The van der Waals surface area contributed by atoms with Gasteiger partial charge in [-0.15, -0.1) is 0 Å². The van der Waals surface area contributed by atoms with Crippen molar-refractivity contribution in [1.82, 2.24) is 16.0 Å². The lowest BCUT2D eigenvalue weighted by molar-refractivity contribution is -0.140. The van der Waals surface area contributed by atoms with Gasteiger partial charge in [0.1, 0.15) is 23.9 Å². The quantitative estimate of drug-likeness (QED) is 0.119. The zero-order valence-corrected chi connectivity index (χ0v) is 24.2. The number of ether oxygens (including phenoxy) is 1. The molecule has 0 saturated carbocycles. The number of carbonyl (C=O) groups excluding carboxylic acids is 6. The van der Waals surface area contributed by atoms with Crippen molar-refractivity contribution in [1.29, 1.82) is 0 Å². The minimum atomic E-state index is -4.90. The number of amides is 3. The molecule has 226 valence electrons. The molecule has 12 nitrogen and oxygen atoms in total. The number of thioether (sulfide) groups is 2. The SMILES string of the molecule is CC(=O)NC(CSC(=O)c1ccc(C(F)(F)F)cc1OC(=O)C(CSC(=O)C(CS)NC(C)=O)NC(C)=O)C(=O)O. The van der Waals surface area contributed by atoms with Gasteiger partial charge in [-0.1, -0.05) is 23.5 Å². The van der Waals surface area contributed by atoms with Gasteiger partial charge in [0.2, 0.25) is 28.0 Å². The normalized spacial score (nSPS) is 13.2. The van der Waals surface area contributed by atoms with Crippen molar-refractivity contribution in [2.24, 2.45) is 0 Å². The van der Waals surface area contributed by atoms with E-state index in [1.165, 1.54) is 6.92 Å². The maximum Gasteiger partial charge on any atom is 0.416 e. The van der Waals surface area contributed by atoms with Crippen LogP contribution in [0.3, 0.4) is 0 Å². The van der Waals surface area contributed by atoms with Crippen LogP contribution >= 0.6 is 36.2 Å². The number of halogens is 3. The first-order valence-corrected chi connectivity index (χ1v) is 14.0. The Morgan fingerprint density at radius 2 is 1.39 bits per heavy atom. The van der Waals surface area contributed by atoms with E-state index in [9.17, 15) is 51.8 Å². The number of esters is 1. The molecular weight excluding hydrogens is 615 g/mol. The lowest BCUT2D eigenvalue weighted by Crippen LogP contribution is -2.45. The molecule has 0 bridgehead atoms. The number of alkyl halides is 3. The predicted octanol–water partition coefficient (Wildman–Crippen LogP) is 1.27. The van der Waals surface area contributed by atoms with Crippen LogP contribution in [0.15, 0.2) is 18.2 Å². The Morgan fingerprint density at radius 1 is 0.878 bits per heavy atom. The van der Waals surface area contributed by atoms with E-state index in [1.807, 2.05) is 0 Å². The molecular formula is C23H26F3N3O9S3. The lowest BCUT2D eigenvalue weighted by Gasteiger charge is -2.19. The summed E-state index contributed by atoms with van der Waals surface area (Å²) in [5, 5.41) is 14.2. The summed E-state index contributed by atoms with van der Waals surface area (Å²) in [6.07, 6.45) is -4.90. The Hall–Kier alpha value is -3.25. The lowest BCUT2D eigenvalue weighted by atomic mass is 10.1. The van der Waals surface area contributed by atoms with E-state index in [0.717, 1.165) is 19.9 Å². The molecule has 0 aliphatic heterocycles. The first-order chi connectivity index (χ1) is 19.0. The van der Waals surface area contributed by atoms with Crippen molar-refractivity contribution >= 4 is 76.0 Å². The molecule has 3 unspecified atom stereocenters. The van der Waals surface area contributed by atoms with Gasteiger partial charge in [0.15, 0.2) is 0 Å². The van der Waals surface area contributed by atoms with Gasteiger partial charge < -0.3 is 25.8 Å². The van der Waals surface area contributed by atoms with E-state index in [4.69, 9.17) is 4.74 Å². The van der Waals surface area contributed by atoms with E-state index < -0.39 is 92.6 Å². The van der Waals surface area contributed by atoms with E-state index in [0.29, 0.717) is 35.7 Å². The number of benzene rings is 1. The third-order valence-corrected chi connectivity index (χ3v) is 7.11. The fourth-order valence-electron chi connectivity index (χ4n) is 2.89. The number of carboxylic acids is 1. The van der Waals surface area contributed by atoms with E-state index in [1.54, 1.807) is 0 Å². The molecule has 0 aliphatic rings. The number of nitrogens with one attached hydrogen (secondary N) is 3. The molecule has 0 radical (unpaired) electrons. The van der Waals surface area contributed by atoms with Crippen molar-refractivity contribution in [3.8, 4) is 5.75 Å². The van der Waals surface area contributed by atoms with Crippen molar-refractivity contribution in [3.05, 3.63) is 29.3 Å². The zero-order chi connectivity index (χ0) is 31.5. The van der Waals surface area contributed by atoms with Crippen LogP contribution < -0.4 is 20.7 Å². The second-order valence-corrected chi connectivity index (χ2v) is 10.5. The molecule has 1 aromatic rings. The molecule has 0 aromatic heterocycles. The fourth-order valence-corrected chi connectivity index (χ4v) is 5.04. The van der Waals surface area contributed by atoms with Crippen molar-refractivity contribution < 1.29 is 56.6 Å². The molecule has 3 amide bonds. The maximum absolute atomic E-state index is 13.4. The first kappa shape index (κ1) is 35.8. The molecule has 1 aromatic carbocycles. The summed E-state index contributed by atoms with van der Waals surface area (Å²) < 4.78 is 45.2. The average Bonchev–Trinajstić information content (AvgIpc) is 2.85. The third-order valence-electron chi connectivity index (χ3n) is 4.69. The summed E-state index contributed by atoms with van der Waals surface area (Å²) in [7, 11) is 0. The summed E-state index contributed by atoms with van der Waals surface area (Å²) in [5.41, 5.74) is -1.81. The minimum Gasteiger partial charge on any atom is -0.480 e. The molecule has 4 N–H and O–H groups in total. The van der Waals surface area contributed by atoms with Gasteiger partial charge in [-0.2, -0.15) is 25.8 Å². The highest BCUT2D eigenvalue weighted by Gasteiger charge is 2.34. The average molecular weight is 642 g/mol. The molecule has 3 atom stereocenters. The number of carbonyl (C=O) groups is 7. The summed E-state index contributed by atoms with van der Waals surface area (Å²) >= 11 is 4.82. The Balaban J connectivity index is 3.26. The van der Waals surface area contributed by atoms with E-state index >= 15 is 0 Å². The first-order valence-electron chi connectivity index (χ1n) is 11.4. The van der Waals surface area contributed by atoms with Gasteiger partial charge in [0.05, 0.1) is 11.1 Å². The van der Waals surface area contributed by atoms with Gasteiger partial charge in [-0.3, -0.25) is 24.0 Å². The molecule has 41 heavy (non-hydrogen) atoms. The van der Waals surface area contributed by atoms with Crippen molar-refractivity contribution in [2.45, 2.75) is 45.1 Å². The summed E-state index contributed by atoms with van der Waals surface area (Å²) in [6.45, 7) is 3.25. The Kier molecular flexibility index (Phi) is 14.2. The van der Waals surface area contributed by atoms with Crippen LogP contribution in [0.5, 0.6) is 5.75 Å². The highest BCUT2D eigenvalue weighted by Crippen LogP contribution is 2.34. The number of hydrogen-bond acceptors (Lipinski definition) is 11. The molecule has 0 aliphatic carbocycles. The minimum absolute atomic E-state index is 0.0846. The molecule has 0 fully saturated rings. The smallest absolute Gasteiger partial charge is 0.416 e. The van der Waals surface area contributed by atoms with Gasteiger partial charge in [0, 0.05) is 38.0 Å². The topological polar surface area (TPSA) is 185 Å². The second kappa shape index (κ2) is 16.3. The third kappa shape index (κ3) is 12.4. The second-order valence-electron chi connectivity index (χ2n) is 8.14. The van der Waals surface area contributed by atoms with Crippen LogP contribution in [-0.2, 0) is 34.9 Å². The molecule has 0 heterocycles. The summed E-state index contributed by atoms with van der Waals surface area (Å²) in [5.74, 6) is -6.64. The van der Waals surface area contributed by atoms with Gasteiger partial charge in [-0.25, -0.2) is 9.59 Å². The van der Waals surface area contributed by atoms with Crippen LogP contribution in [0, 0.1) is 0 Å². The van der Waals surface area contributed by atoms with Gasteiger partial charge >= 0.3 is 18.1 Å². The van der Waals surface area contributed by atoms with Crippen molar-refractivity contribution in [3.63, 3.8) is 0 Å². The van der Waals surface area contributed by atoms with E-state index in [-0.39, 0.29) is 5.75 Å². The van der Waals surface area contributed by atoms with Gasteiger partial charge in [0.25, 0.3) is 0 Å². The number of aliphatic carboxylic acids is 1. The Bertz CT molecular complexity index is 1200.